The molecule has 0 bridgehead atoms. The fraction of sp³-hybridized carbons (Fsp3) is 0.400. The molecule has 0 saturated heterocycles. The summed E-state index contributed by atoms with van der Waals surface area (Å²) in [5, 5.41) is 0. The molecular formula is C15H19NO6. The highest BCUT2D eigenvalue weighted by Gasteiger charge is 2.25. The van der Waals surface area contributed by atoms with Gasteiger partial charge in [-0.3, -0.25) is 0 Å². The average molecular weight is 309 g/mol. The number of carbonyl (C=O) groups excluding carboxylic acids is 3. The van der Waals surface area contributed by atoms with E-state index in [0.29, 0.717) is 5.56 Å². The molecule has 1 rings (SSSR count). The van der Waals surface area contributed by atoms with Crippen LogP contribution >= 0.6 is 0 Å². The average Bonchev–Trinajstić information content (AvgIpc) is 2.52. The summed E-state index contributed by atoms with van der Waals surface area (Å²) in [5.41, 5.74) is 5.51. The van der Waals surface area contributed by atoms with Crippen LogP contribution in [0.1, 0.15) is 24.2 Å². The Morgan fingerprint density at radius 1 is 1.00 bits per heavy atom. The number of ether oxygens (including phenoxy) is 3. The minimum Gasteiger partial charge on any atom is -0.462 e. The first-order chi connectivity index (χ1) is 10.5. The molecule has 7 nitrogen and oxygen atoms in total. The maximum Gasteiger partial charge on any atom is 0.348 e. The van der Waals surface area contributed by atoms with E-state index < -0.39 is 30.1 Å². The van der Waals surface area contributed by atoms with E-state index in [9.17, 15) is 14.4 Å². The van der Waals surface area contributed by atoms with Crippen molar-refractivity contribution in [2.24, 2.45) is 5.73 Å². The van der Waals surface area contributed by atoms with E-state index in [2.05, 4.69) is 0 Å². The molecule has 0 amide bonds. The van der Waals surface area contributed by atoms with Crippen molar-refractivity contribution in [3.8, 4) is 0 Å². The molecule has 1 aromatic carbocycles. The maximum atomic E-state index is 11.8. The van der Waals surface area contributed by atoms with Gasteiger partial charge in [-0.05, 0) is 26.0 Å². The molecule has 0 fully saturated rings. The zero-order chi connectivity index (χ0) is 16.5. The molecule has 0 aliphatic rings. The van der Waals surface area contributed by atoms with Gasteiger partial charge in [-0.1, -0.05) is 18.2 Å². The van der Waals surface area contributed by atoms with Crippen LogP contribution in [0.4, 0.5) is 0 Å². The van der Waals surface area contributed by atoms with Crippen LogP contribution in [0.15, 0.2) is 30.3 Å². The van der Waals surface area contributed by atoms with Gasteiger partial charge in [-0.2, -0.15) is 0 Å². The topological polar surface area (TPSA) is 105 Å². The van der Waals surface area contributed by atoms with Gasteiger partial charge in [0.25, 0.3) is 0 Å². The molecule has 0 aliphatic carbocycles. The van der Waals surface area contributed by atoms with Crippen LogP contribution in [-0.4, -0.2) is 43.3 Å². The van der Waals surface area contributed by atoms with Gasteiger partial charge in [0, 0.05) is 6.54 Å². The summed E-state index contributed by atoms with van der Waals surface area (Å²) in [5.74, 6) is -2.19. The van der Waals surface area contributed by atoms with Crippen LogP contribution in [0, 0.1) is 0 Å². The van der Waals surface area contributed by atoms with E-state index in [1.807, 2.05) is 0 Å². The lowest BCUT2D eigenvalue weighted by Crippen LogP contribution is -2.33. The summed E-state index contributed by atoms with van der Waals surface area (Å²) in [6, 6.07) is 8.23. The molecule has 0 aromatic heterocycles. The van der Waals surface area contributed by atoms with Crippen LogP contribution < -0.4 is 5.73 Å². The maximum absolute atomic E-state index is 11.8. The molecule has 0 spiro atoms. The summed E-state index contributed by atoms with van der Waals surface area (Å²) in [6.45, 7) is 2.94. The largest absolute Gasteiger partial charge is 0.462 e. The Morgan fingerprint density at radius 2 is 1.59 bits per heavy atom. The number of hydrogen-bond donors (Lipinski definition) is 1. The predicted molar refractivity (Wildman–Crippen MR) is 76.9 cm³/mol. The van der Waals surface area contributed by atoms with E-state index in [1.54, 1.807) is 30.3 Å². The van der Waals surface area contributed by atoms with Crippen LogP contribution in [0.25, 0.3) is 0 Å². The highest BCUT2D eigenvalue weighted by atomic mass is 16.6. The molecule has 1 aromatic rings. The highest BCUT2D eigenvalue weighted by molar-refractivity contribution is 5.91. The van der Waals surface area contributed by atoms with Gasteiger partial charge >= 0.3 is 17.9 Å². The third kappa shape index (κ3) is 5.53. The predicted octanol–water partition coefficient (Wildman–Crippen LogP) is 0.666. The van der Waals surface area contributed by atoms with E-state index in [-0.39, 0.29) is 13.2 Å². The Labute approximate surface area is 128 Å². The zero-order valence-electron chi connectivity index (χ0n) is 12.5. The molecular weight excluding hydrogens is 290 g/mol. The van der Waals surface area contributed by atoms with Gasteiger partial charge in [0.1, 0.15) is 6.61 Å². The fourth-order valence-corrected chi connectivity index (χ4v) is 1.45. The van der Waals surface area contributed by atoms with Gasteiger partial charge in [-0.25, -0.2) is 14.4 Å². The van der Waals surface area contributed by atoms with E-state index in [4.69, 9.17) is 19.9 Å². The standard InChI is InChI=1S/C15H19NO6/c1-10(13(17)20-9-8-16)21-14(18)11(2)22-15(19)12-6-4-3-5-7-12/h3-7,10-11H,8-9,16H2,1-2H3. The van der Waals surface area contributed by atoms with Crippen molar-refractivity contribution in [2.75, 3.05) is 13.2 Å². The van der Waals surface area contributed by atoms with Crippen LogP contribution in [0.3, 0.4) is 0 Å². The first-order valence-corrected chi connectivity index (χ1v) is 6.79. The van der Waals surface area contributed by atoms with Crippen molar-refractivity contribution >= 4 is 17.9 Å². The quantitative estimate of drug-likeness (QED) is 0.583. The summed E-state index contributed by atoms with van der Waals surface area (Å²) in [7, 11) is 0. The molecule has 0 radical (unpaired) electrons. The zero-order valence-corrected chi connectivity index (χ0v) is 12.5. The molecule has 22 heavy (non-hydrogen) atoms. The molecule has 2 atom stereocenters. The van der Waals surface area contributed by atoms with Crippen molar-refractivity contribution in [3.05, 3.63) is 35.9 Å². The second-order valence-electron chi connectivity index (χ2n) is 4.45. The van der Waals surface area contributed by atoms with Crippen LogP contribution in [0.2, 0.25) is 0 Å². The van der Waals surface area contributed by atoms with E-state index in [1.165, 1.54) is 13.8 Å². The van der Waals surface area contributed by atoms with Crippen molar-refractivity contribution in [3.63, 3.8) is 0 Å². The second kappa shape index (κ2) is 8.78. The van der Waals surface area contributed by atoms with Gasteiger partial charge < -0.3 is 19.9 Å². The van der Waals surface area contributed by atoms with Crippen LogP contribution in [0.5, 0.6) is 0 Å². The molecule has 2 unspecified atom stereocenters. The van der Waals surface area contributed by atoms with E-state index >= 15 is 0 Å². The monoisotopic (exact) mass is 309 g/mol. The van der Waals surface area contributed by atoms with Crippen molar-refractivity contribution < 1.29 is 28.6 Å². The van der Waals surface area contributed by atoms with Crippen LogP contribution in [-0.2, 0) is 23.8 Å². The minimum absolute atomic E-state index is 0.0409. The van der Waals surface area contributed by atoms with Crippen molar-refractivity contribution in [2.45, 2.75) is 26.1 Å². The van der Waals surface area contributed by atoms with Crippen molar-refractivity contribution in [1.82, 2.24) is 0 Å². The molecule has 7 heteroatoms. The van der Waals surface area contributed by atoms with Gasteiger partial charge in [-0.15, -0.1) is 0 Å². The lowest BCUT2D eigenvalue weighted by molar-refractivity contribution is -0.171. The summed E-state index contributed by atoms with van der Waals surface area (Å²) in [6.07, 6.45) is -2.24. The highest BCUT2D eigenvalue weighted by Crippen LogP contribution is 2.06. The Hall–Kier alpha value is -2.41. The Kier molecular flexibility index (Phi) is 7.04. The van der Waals surface area contributed by atoms with Gasteiger partial charge in [0.15, 0.2) is 12.2 Å². The van der Waals surface area contributed by atoms with Gasteiger partial charge in [0.05, 0.1) is 5.56 Å². The minimum atomic E-state index is -1.14. The summed E-state index contributed by atoms with van der Waals surface area (Å²) < 4.78 is 14.6. The Bertz CT molecular complexity index is 516. The fourth-order valence-electron chi connectivity index (χ4n) is 1.45. The molecule has 0 aliphatic heterocycles. The lowest BCUT2D eigenvalue weighted by Gasteiger charge is -2.16. The molecule has 2 N–H and O–H groups in total. The summed E-state index contributed by atoms with van der Waals surface area (Å²) in [4.78, 5) is 35.0. The lowest BCUT2D eigenvalue weighted by atomic mass is 10.2. The first kappa shape index (κ1) is 17.6. The number of nitrogens with two attached hydrogens (primary N) is 1. The summed E-state index contributed by atoms with van der Waals surface area (Å²) >= 11 is 0. The molecule has 0 saturated carbocycles. The van der Waals surface area contributed by atoms with Gasteiger partial charge in [0.2, 0.25) is 0 Å². The number of esters is 3. The number of hydrogen-bond acceptors (Lipinski definition) is 7. The Balaban J connectivity index is 2.48. The van der Waals surface area contributed by atoms with E-state index in [0.717, 1.165) is 0 Å². The third-order valence-electron chi connectivity index (χ3n) is 2.61. The first-order valence-electron chi connectivity index (χ1n) is 6.79. The third-order valence-corrected chi connectivity index (χ3v) is 2.61. The molecule has 0 heterocycles. The molecule has 120 valence electrons. The second-order valence-corrected chi connectivity index (χ2v) is 4.45. The smallest absolute Gasteiger partial charge is 0.348 e. The van der Waals surface area contributed by atoms with Crippen molar-refractivity contribution in [1.29, 1.82) is 0 Å². The number of carbonyl (C=O) groups is 3. The number of rotatable bonds is 7. The number of benzene rings is 1. The SMILES string of the molecule is CC(OC(=O)c1ccccc1)C(=O)OC(C)C(=O)OCCN. The normalized spacial score (nSPS) is 12.9. The Morgan fingerprint density at radius 3 is 2.18 bits per heavy atom.